The van der Waals surface area contributed by atoms with Crippen LogP contribution in [0.1, 0.15) is 34.5 Å². The van der Waals surface area contributed by atoms with Gasteiger partial charge in [-0.25, -0.2) is 4.98 Å². The first-order valence-corrected chi connectivity index (χ1v) is 9.35. The summed E-state index contributed by atoms with van der Waals surface area (Å²) in [5.74, 6) is 1.02. The highest BCUT2D eigenvalue weighted by molar-refractivity contribution is 5.83. The molecule has 1 aromatic heterocycles. The molecule has 0 fully saturated rings. The van der Waals surface area contributed by atoms with Crippen LogP contribution in [0.15, 0.2) is 67.0 Å². The number of benzene rings is 2. The van der Waals surface area contributed by atoms with Gasteiger partial charge < -0.3 is 4.98 Å². The normalized spacial score (nSPS) is 13.2. The van der Waals surface area contributed by atoms with Crippen LogP contribution in [0.25, 0.3) is 5.57 Å². The molecule has 0 unspecified atom stereocenters. The smallest absolute Gasteiger partial charge is 0.120 e. The molecule has 0 amide bonds. The lowest BCUT2D eigenvalue weighted by Crippen LogP contribution is -2.19. The van der Waals surface area contributed by atoms with Crippen LogP contribution in [0, 0.1) is 0 Å². The van der Waals surface area contributed by atoms with Crippen molar-refractivity contribution in [3.8, 4) is 0 Å². The van der Waals surface area contributed by atoms with E-state index in [-0.39, 0.29) is 0 Å². The average Bonchev–Trinajstić information content (AvgIpc) is 3.11. The Balaban J connectivity index is 1.57. The van der Waals surface area contributed by atoms with E-state index in [0.717, 1.165) is 38.2 Å². The molecular weight excluding hydrogens is 318 g/mol. The molecule has 1 aliphatic rings. The predicted molar refractivity (Wildman–Crippen MR) is 107 cm³/mol. The van der Waals surface area contributed by atoms with Crippen molar-refractivity contribution in [1.29, 1.82) is 0 Å². The lowest BCUT2D eigenvalue weighted by Gasteiger charge is -2.15. The number of aryl methyl sites for hydroxylation is 2. The lowest BCUT2D eigenvalue weighted by molar-refractivity contribution is 0.326. The van der Waals surface area contributed by atoms with Gasteiger partial charge in [0.15, 0.2) is 0 Å². The largest absolute Gasteiger partial charge is 0.348 e. The van der Waals surface area contributed by atoms with Crippen molar-refractivity contribution in [2.24, 2.45) is 0 Å². The summed E-state index contributed by atoms with van der Waals surface area (Å²) in [6.07, 6.45) is 9.36. The van der Waals surface area contributed by atoms with Crippen molar-refractivity contribution < 1.29 is 0 Å². The van der Waals surface area contributed by atoms with E-state index in [1.165, 1.54) is 27.8 Å². The Hall–Kier alpha value is -2.65. The molecule has 26 heavy (non-hydrogen) atoms. The first kappa shape index (κ1) is 16.8. The highest BCUT2D eigenvalue weighted by atomic mass is 15.1. The maximum absolute atomic E-state index is 4.31. The van der Waals surface area contributed by atoms with Crippen LogP contribution in [0.2, 0.25) is 0 Å². The maximum Gasteiger partial charge on any atom is 0.120 e. The predicted octanol–water partition coefficient (Wildman–Crippen LogP) is 4.46. The highest BCUT2D eigenvalue weighted by Gasteiger charge is 2.17. The molecule has 2 aromatic carbocycles. The lowest BCUT2D eigenvalue weighted by atomic mass is 9.93. The summed E-state index contributed by atoms with van der Waals surface area (Å²) in [4.78, 5) is 9.80. The van der Waals surface area contributed by atoms with E-state index in [1.54, 1.807) is 0 Å². The summed E-state index contributed by atoms with van der Waals surface area (Å²) in [7, 11) is 2.15. The third-order valence-electron chi connectivity index (χ3n) is 5.11. The van der Waals surface area contributed by atoms with Crippen molar-refractivity contribution in [1.82, 2.24) is 14.9 Å². The summed E-state index contributed by atoms with van der Waals surface area (Å²) in [6, 6.07) is 17.7. The fourth-order valence-corrected chi connectivity index (χ4v) is 3.78. The number of nitrogens with zero attached hydrogens (tertiary/aromatic N) is 2. The summed E-state index contributed by atoms with van der Waals surface area (Å²) in [6.45, 7) is 1.86. The number of aromatic nitrogens is 2. The molecule has 0 atom stereocenters. The Kier molecular flexibility index (Phi) is 4.98. The molecule has 3 heteroatoms. The van der Waals surface area contributed by atoms with E-state index >= 15 is 0 Å². The second kappa shape index (κ2) is 7.71. The summed E-state index contributed by atoms with van der Waals surface area (Å²) < 4.78 is 0. The SMILES string of the molecule is CN(CCC=C1c2ccccc2CCc2ccccc21)Cc1ncc[nH]1. The highest BCUT2D eigenvalue weighted by Crippen LogP contribution is 2.33. The van der Waals surface area contributed by atoms with E-state index in [2.05, 4.69) is 76.5 Å². The van der Waals surface area contributed by atoms with Gasteiger partial charge in [0.1, 0.15) is 5.82 Å². The molecule has 3 nitrogen and oxygen atoms in total. The molecule has 4 rings (SSSR count). The van der Waals surface area contributed by atoms with E-state index in [4.69, 9.17) is 0 Å². The number of rotatable bonds is 5. The Morgan fingerprint density at radius 1 is 1.00 bits per heavy atom. The molecule has 0 saturated carbocycles. The fourth-order valence-electron chi connectivity index (χ4n) is 3.78. The Labute approximate surface area is 155 Å². The number of nitrogens with one attached hydrogen (secondary N) is 1. The third kappa shape index (κ3) is 3.63. The van der Waals surface area contributed by atoms with Gasteiger partial charge in [0.05, 0.1) is 6.54 Å². The molecule has 0 spiro atoms. The summed E-state index contributed by atoms with van der Waals surface area (Å²) >= 11 is 0. The maximum atomic E-state index is 4.31. The van der Waals surface area contributed by atoms with Gasteiger partial charge in [0, 0.05) is 18.9 Å². The van der Waals surface area contributed by atoms with Gasteiger partial charge in [-0.05, 0) is 54.1 Å². The molecule has 132 valence electrons. The number of aromatic amines is 1. The number of hydrogen-bond donors (Lipinski definition) is 1. The van der Waals surface area contributed by atoms with E-state index in [0.29, 0.717) is 0 Å². The first-order chi connectivity index (χ1) is 12.8. The zero-order valence-electron chi connectivity index (χ0n) is 15.3. The average molecular weight is 343 g/mol. The van der Waals surface area contributed by atoms with E-state index in [1.807, 2.05) is 12.4 Å². The molecule has 1 heterocycles. The minimum absolute atomic E-state index is 0.851. The van der Waals surface area contributed by atoms with Crippen LogP contribution in [-0.2, 0) is 19.4 Å². The third-order valence-corrected chi connectivity index (χ3v) is 5.11. The van der Waals surface area contributed by atoms with Crippen molar-refractivity contribution in [2.75, 3.05) is 13.6 Å². The minimum Gasteiger partial charge on any atom is -0.348 e. The second-order valence-corrected chi connectivity index (χ2v) is 6.99. The van der Waals surface area contributed by atoms with Crippen molar-refractivity contribution in [3.63, 3.8) is 0 Å². The van der Waals surface area contributed by atoms with E-state index in [9.17, 15) is 0 Å². The van der Waals surface area contributed by atoms with Gasteiger partial charge in [-0.3, -0.25) is 4.90 Å². The fraction of sp³-hybridized carbons (Fsp3) is 0.261. The second-order valence-electron chi connectivity index (χ2n) is 6.99. The Morgan fingerprint density at radius 3 is 2.27 bits per heavy atom. The van der Waals surface area contributed by atoms with Crippen LogP contribution < -0.4 is 0 Å². The Morgan fingerprint density at radius 2 is 1.65 bits per heavy atom. The molecule has 0 saturated heterocycles. The zero-order valence-corrected chi connectivity index (χ0v) is 15.3. The van der Waals surface area contributed by atoms with Crippen molar-refractivity contribution >= 4 is 5.57 Å². The molecular formula is C23H25N3. The van der Waals surface area contributed by atoms with Crippen molar-refractivity contribution in [2.45, 2.75) is 25.8 Å². The summed E-state index contributed by atoms with van der Waals surface area (Å²) in [5, 5.41) is 0. The number of H-pyrrole nitrogens is 1. The molecule has 1 aliphatic carbocycles. The van der Waals surface area contributed by atoms with Gasteiger partial charge >= 0.3 is 0 Å². The zero-order chi connectivity index (χ0) is 17.8. The molecule has 0 bridgehead atoms. The van der Waals surface area contributed by atoms with Gasteiger partial charge in [0.2, 0.25) is 0 Å². The van der Waals surface area contributed by atoms with E-state index < -0.39 is 0 Å². The van der Waals surface area contributed by atoms with Crippen LogP contribution >= 0.6 is 0 Å². The van der Waals surface area contributed by atoms with Crippen LogP contribution in [-0.4, -0.2) is 28.5 Å². The quantitative estimate of drug-likeness (QED) is 0.741. The molecule has 0 radical (unpaired) electrons. The number of imidazole rings is 1. The van der Waals surface area contributed by atoms with Crippen molar-refractivity contribution in [3.05, 3.63) is 95.1 Å². The molecule has 1 N–H and O–H groups in total. The minimum atomic E-state index is 0.851. The van der Waals surface area contributed by atoms with Gasteiger partial charge in [-0.1, -0.05) is 54.6 Å². The first-order valence-electron chi connectivity index (χ1n) is 9.35. The van der Waals surface area contributed by atoms with Gasteiger partial charge in [-0.15, -0.1) is 0 Å². The number of fused-ring (bicyclic) bond motifs is 2. The van der Waals surface area contributed by atoms with Gasteiger partial charge in [0.25, 0.3) is 0 Å². The standard InChI is InChI=1S/C23H25N3/c1-26(17-23-24-14-15-25-23)16-6-11-22-20-9-4-2-7-18(20)12-13-19-8-3-5-10-21(19)22/h2-5,7-11,14-15H,6,12-13,16-17H2,1H3,(H,24,25). The summed E-state index contributed by atoms with van der Waals surface area (Å²) in [5.41, 5.74) is 7.09. The van der Waals surface area contributed by atoms with Crippen LogP contribution in [0.3, 0.4) is 0 Å². The van der Waals surface area contributed by atoms with Crippen LogP contribution in [0.4, 0.5) is 0 Å². The number of hydrogen-bond acceptors (Lipinski definition) is 2. The van der Waals surface area contributed by atoms with Gasteiger partial charge in [-0.2, -0.15) is 0 Å². The molecule has 3 aromatic rings. The van der Waals surface area contributed by atoms with Crippen LogP contribution in [0.5, 0.6) is 0 Å². The topological polar surface area (TPSA) is 31.9 Å². The Bertz CT molecular complexity index is 844. The monoisotopic (exact) mass is 343 g/mol. The molecule has 0 aliphatic heterocycles.